The molecule has 0 saturated heterocycles. The first kappa shape index (κ1) is 13.1. The number of rotatable bonds is 3. The third-order valence-electron chi connectivity index (χ3n) is 3.11. The summed E-state index contributed by atoms with van der Waals surface area (Å²) in [5.74, 6) is -0.129. The van der Waals surface area contributed by atoms with Gasteiger partial charge in [0.25, 0.3) is 5.91 Å². The maximum atomic E-state index is 12.1. The molecule has 3 N–H and O–H groups in total. The Balaban J connectivity index is 2.07. The smallest absolute Gasteiger partial charge is 0.253 e. The number of hydrogen-bond acceptors (Lipinski definition) is 2. The molecule has 19 heavy (non-hydrogen) atoms. The number of hydrogen-bond donors (Lipinski definition) is 2. The van der Waals surface area contributed by atoms with Gasteiger partial charge in [-0.25, -0.2) is 0 Å². The molecule has 0 aliphatic heterocycles. The van der Waals surface area contributed by atoms with E-state index in [0.29, 0.717) is 17.8 Å². The lowest BCUT2D eigenvalue weighted by atomic mass is 10.1. The Morgan fingerprint density at radius 1 is 1.11 bits per heavy atom. The number of nitrogen functional groups attached to an aromatic ring is 1. The van der Waals surface area contributed by atoms with Gasteiger partial charge in [-0.15, -0.1) is 0 Å². The van der Waals surface area contributed by atoms with Gasteiger partial charge in [-0.1, -0.05) is 42.0 Å². The maximum absolute atomic E-state index is 12.1. The minimum atomic E-state index is -0.129. The summed E-state index contributed by atoms with van der Waals surface area (Å²) in [6.07, 6.45) is 0. The topological polar surface area (TPSA) is 55.1 Å². The Hall–Kier alpha value is -2.29. The summed E-state index contributed by atoms with van der Waals surface area (Å²) < 4.78 is 0. The third-order valence-corrected chi connectivity index (χ3v) is 3.11. The molecular weight excluding hydrogens is 236 g/mol. The van der Waals surface area contributed by atoms with E-state index in [1.165, 1.54) is 5.56 Å². The van der Waals surface area contributed by atoms with E-state index in [1.54, 1.807) is 6.07 Å². The molecule has 2 aromatic carbocycles. The van der Waals surface area contributed by atoms with E-state index >= 15 is 0 Å². The predicted molar refractivity (Wildman–Crippen MR) is 77.9 cm³/mol. The molecule has 1 amide bonds. The summed E-state index contributed by atoms with van der Waals surface area (Å²) in [5, 5.41) is 2.90. The molecule has 0 bridgehead atoms. The van der Waals surface area contributed by atoms with Gasteiger partial charge >= 0.3 is 0 Å². The summed E-state index contributed by atoms with van der Waals surface area (Å²) in [6.45, 7) is 4.43. The van der Waals surface area contributed by atoms with Gasteiger partial charge in [-0.2, -0.15) is 0 Å². The quantitative estimate of drug-likeness (QED) is 0.827. The highest BCUT2D eigenvalue weighted by atomic mass is 16.1. The van der Waals surface area contributed by atoms with Crippen LogP contribution in [0.2, 0.25) is 0 Å². The molecule has 0 heterocycles. The van der Waals surface area contributed by atoms with Crippen molar-refractivity contribution in [1.82, 2.24) is 5.32 Å². The zero-order chi connectivity index (χ0) is 13.8. The van der Waals surface area contributed by atoms with Crippen molar-refractivity contribution in [2.24, 2.45) is 0 Å². The standard InChI is InChI=1S/C16H18N2O/c1-11-6-8-13(9-7-11)10-18-16(19)15-12(2)4-3-5-14(15)17/h3-9H,10,17H2,1-2H3,(H,18,19). The highest BCUT2D eigenvalue weighted by Crippen LogP contribution is 2.16. The normalized spacial score (nSPS) is 10.2. The Kier molecular flexibility index (Phi) is 3.85. The molecule has 2 rings (SSSR count). The second-order valence-electron chi connectivity index (χ2n) is 4.71. The van der Waals surface area contributed by atoms with Crippen LogP contribution in [-0.2, 0) is 6.54 Å². The van der Waals surface area contributed by atoms with Gasteiger partial charge in [0.2, 0.25) is 0 Å². The number of nitrogens with two attached hydrogens (primary N) is 1. The molecule has 0 spiro atoms. The fourth-order valence-corrected chi connectivity index (χ4v) is 1.98. The van der Waals surface area contributed by atoms with Crippen LogP contribution in [-0.4, -0.2) is 5.91 Å². The maximum Gasteiger partial charge on any atom is 0.253 e. The number of aryl methyl sites for hydroxylation is 2. The van der Waals surface area contributed by atoms with Crippen LogP contribution in [0.4, 0.5) is 5.69 Å². The van der Waals surface area contributed by atoms with Crippen molar-refractivity contribution < 1.29 is 4.79 Å². The lowest BCUT2D eigenvalue weighted by molar-refractivity contribution is 0.0951. The average molecular weight is 254 g/mol. The molecule has 0 aliphatic carbocycles. The van der Waals surface area contributed by atoms with Gasteiger partial charge in [0.1, 0.15) is 0 Å². The van der Waals surface area contributed by atoms with E-state index < -0.39 is 0 Å². The van der Waals surface area contributed by atoms with E-state index in [2.05, 4.69) is 5.32 Å². The molecule has 98 valence electrons. The third kappa shape index (κ3) is 3.13. The van der Waals surface area contributed by atoms with Gasteiger partial charge in [0.15, 0.2) is 0 Å². The number of amides is 1. The lowest BCUT2D eigenvalue weighted by Crippen LogP contribution is -2.24. The molecule has 2 aromatic rings. The van der Waals surface area contributed by atoms with Crippen molar-refractivity contribution in [1.29, 1.82) is 0 Å². The second kappa shape index (κ2) is 5.57. The summed E-state index contributed by atoms with van der Waals surface area (Å²) >= 11 is 0. The van der Waals surface area contributed by atoms with Crippen LogP contribution in [0.1, 0.15) is 27.0 Å². The van der Waals surface area contributed by atoms with Crippen LogP contribution in [0.5, 0.6) is 0 Å². The van der Waals surface area contributed by atoms with E-state index in [4.69, 9.17) is 5.73 Å². The van der Waals surface area contributed by atoms with Gasteiger partial charge in [-0.3, -0.25) is 4.79 Å². The summed E-state index contributed by atoms with van der Waals surface area (Å²) in [6, 6.07) is 13.6. The van der Waals surface area contributed by atoms with Crippen LogP contribution in [0, 0.1) is 13.8 Å². The summed E-state index contributed by atoms with van der Waals surface area (Å²) in [7, 11) is 0. The Labute approximate surface area is 113 Å². The van der Waals surface area contributed by atoms with E-state index in [1.807, 2.05) is 50.2 Å². The summed E-state index contributed by atoms with van der Waals surface area (Å²) in [5.41, 5.74) is 10.1. The number of carbonyl (C=O) groups is 1. The molecule has 3 heteroatoms. The first-order valence-corrected chi connectivity index (χ1v) is 6.27. The molecule has 0 aromatic heterocycles. The minimum Gasteiger partial charge on any atom is -0.398 e. The van der Waals surface area contributed by atoms with Crippen molar-refractivity contribution in [3.05, 3.63) is 64.7 Å². The molecule has 0 aliphatic rings. The molecule has 0 unspecified atom stereocenters. The first-order chi connectivity index (χ1) is 9.08. The highest BCUT2D eigenvalue weighted by molar-refractivity contribution is 6.00. The van der Waals surface area contributed by atoms with E-state index in [-0.39, 0.29) is 5.91 Å². The largest absolute Gasteiger partial charge is 0.398 e. The van der Waals surface area contributed by atoms with E-state index in [0.717, 1.165) is 11.1 Å². The Morgan fingerprint density at radius 2 is 1.79 bits per heavy atom. The summed E-state index contributed by atoms with van der Waals surface area (Å²) in [4.78, 5) is 12.1. The Bertz CT molecular complexity index is 568. The minimum absolute atomic E-state index is 0.129. The first-order valence-electron chi connectivity index (χ1n) is 6.27. The highest BCUT2D eigenvalue weighted by Gasteiger charge is 2.11. The van der Waals surface area contributed by atoms with Crippen LogP contribution in [0.3, 0.4) is 0 Å². The van der Waals surface area contributed by atoms with Gasteiger partial charge in [0.05, 0.1) is 5.56 Å². The van der Waals surface area contributed by atoms with Crippen molar-refractivity contribution in [2.45, 2.75) is 20.4 Å². The number of anilines is 1. The average Bonchev–Trinajstić information content (AvgIpc) is 2.38. The van der Waals surface area contributed by atoms with Crippen LogP contribution in [0.15, 0.2) is 42.5 Å². The monoisotopic (exact) mass is 254 g/mol. The number of benzene rings is 2. The Morgan fingerprint density at radius 3 is 2.42 bits per heavy atom. The van der Waals surface area contributed by atoms with Crippen molar-refractivity contribution in [3.63, 3.8) is 0 Å². The number of nitrogens with one attached hydrogen (secondary N) is 1. The predicted octanol–water partition coefficient (Wildman–Crippen LogP) is 2.82. The molecule has 0 saturated carbocycles. The van der Waals surface area contributed by atoms with Gasteiger partial charge < -0.3 is 11.1 Å². The molecule has 0 radical (unpaired) electrons. The van der Waals surface area contributed by atoms with Crippen LogP contribution >= 0.6 is 0 Å². The van der Waals surface area contributed by atoms with Crippen LogP contribution in [0.25, 0.3) is 0 Å². The van der Waals surface area contributed by atoms with Crippen LogP contribution < -0.4 is 11.1 Å². The number of carbonyl (C=O) groups excluding carboxylic acids is 1. The van der Waals surface area contributed by atoms with Crippen molar-refractivity contribution in [2.75, 3.05) is 5.73 Å². The van der Waals surface area contributed by atoms with Crippen molar-refractivity contribution >= 4 is 11.6 Å². The molecule has 0 atom stereocenters. The molecule has 3 nitrogen and oxygen atoms in total. The van der Waals surface area contributed by atoms with Gasteiger partial charge in [-0.05, 0) is 31.0 Å². The van der Waals surface area contributed by atoms with Crippen molar-refractivity contribution in [3.8, 4) is 0 Å². The second-order valence-corrected chi connectivity index (χ2v) is 4.71. The fraction of sp³-hybridized carbons (Fsp3) is 0.188. The zero-order valence-electron chi connectivity index (χ0n) is 11.2. The molecular formula is C16H18N2O. The van der Waals surface area contributed by atoms with Gasteiger partial charge in [0, 0.05) is 12.2 Å². The SMILES string of the molecule is Cc1ccc(CNC(=O)c2c(C)cccc2N)cc1. The van der Waals surface area contributed by atoms with E-state index in [9.17, 15) is 4.79 Å². The lowest BCUT2D eigenvalue weighted by Gasteiger charge is -2.10. The fourth-order valence-electron chi connectivity index (χ4n) is 1.98. The zero-order valence-corrected chi connectivity index (χ0v) is 11.2. The molecule has 0 fully saturated rings.